The molecule has 0 unspecified atom stereocenters. The Labute approximate surface area is 191 Å². The summed E-state index contributed by atoms with van der Waals surface area (Å²) in [5, 5.41) is 8.49. The van der Waals surface area contributed by atoms with Crippen molar-refractivity contribution in [2.75, 3.05) is 36.5 Å². The number of morpholine rings is 1. The smallest absolute Gasteiger partial charge is 0.224 e. The monoisotopic (exact) mass is 447 g/mol. The minimum Gasteiger partial charge on any atom is -0.378 e. The first-order chi connectivity index (χ1) is 16.0. The number of carbonyl (C=O) groups is 1. The van der Waals surface area contributed by atoms with Crippen LogP contribution in [0.2, 0.25) is 0 Å². The Morgan fingerprint density at radius 1 is 1.15 bits per heavy atom. The average Bonchev–Trinajstić information content (AvgIpc) is 3.18. The molecule has 0 saturated carbocycles. The molecule has 0 atom stereocenters. The van der Waals surface area contributed by atoms with Crippen LogP contribution in [0.3, 0.4) is 0 Å². The van der Waals surface area contributed by atoms with Crippen molar-refractivity contribution in [1.29, 1.82) is 0 Å². The second kappa shape index (κ2) is 8.78. The van der Waals surface area contributed by atoms with Gasteiger partial charge in [0.15, 0.2) is 5.65 Å². The highest BCUT2D eigenvalue weighted by atomic mass is 19.1. The first-order valence-electron chi connectivity index (χ1n) is 11.2. The summed E-state index contributed by atoms with van der Waals surface area (Å²) < 4.78 is 21.8. The van der Waals surface area contributed by atoms with E-state index in [-0.39, 0.29) is 18.1 Å². The molecule has 5 rings (SSSR count). The number of hydrogen-bond acceptors (Lipinski definition) is 5. The number of halogens is 1. The third-order valence-electron chi connectivity index (χ3n) is 6.20. The van der Waals surface area contributed by atoms with E-state index in [2.05, 4.69) is 10.4 Å². The minimum atomic E-state index is -0.346. The fraction of sp³-hybridized carbons (Fsp3) is 0.320. The van der Waals surface area contributed by atoms with Crippen LogP contribution < -0.4 is 10.2 Å². The Morgan fingerprint density at radius 3 is 2.73 bits per heavy atom. The highest BCUT2D eigenvalue weighted by Crippen LogP contribution is 2.25. The van der Waals surface area contributed by atoms with Gasteiger partial charge < -0.3 is 15.0 Å². The Kier molecular flexibility index (Phi) is 5.68. The number of ether oxygens (including phenoxy) is 1. The number of nitrogens with one attached hydrogen (secondary N) is 1. The third-order valence-corrected chi connectivity index (χ3v) is 6.20. The number of nitrogens with zero attached hydrogens (tertiary/aromatic N) is 4. The number of fused-ring (bicyclic) bond motifs is 3. The zero-order chi connectivity index (χ0) is 22.9. The zero-order valence-corrected chi connectivity index (χ0v) is 18.8. The molecular weight excluding hydrogens is 421 g/mol. The largest absolute Gasteiger partial charge is 0.378 e. The van der Waals surface area contributed by atoms with Gasteiger partial charge in [0.1, 0.15) is 5.82 Å². The number of aryl methyl sites for hydroxylation is 2. The van der Waals surface area contributed by atoms with Crippen molar-refractivity contribution in [3.05, 3.63) is 65.2 Å². The molecule has 1 N–H and O–H groups in total. The Balaban J connectivity index is 1.29. The van der Waals surface area contributed by atoms with Gasteiger partial charge in [-0.1, -0.05) is 12.1 Å². The van der Waals surface area contributed by atoms with E-state index in [1.165, 1.54) is 6.07 Å². The van der Waals surface area contributed by atoms with Crippen molar-refractivity contribution in [1.82, 2.24) is 14.6 Å². The lowest BCUT2D eigenvalue weighted by Gasteiger charge is -2.29. The summed E-state index contributed by atoms with van der Waals surface area (Å²) >= 11 is 0. The van der Waals surface area contributed by atoms with E-state index in [1.54, 1.807) is 12.1 Å². The van der Waals surface area contributed by atoms with Gasteiger partial charge in [0.25, 0.3) is 0 Å². The number of anilines is 2. The number of hydrogen-bond donors (Lipinski definition) is 1. The van der Waals surface area contributed by atoms with Crippen molar-refractivity contribution >= 4 is 33.8 Å². The van der Waals surface area contributed by atoms with Gasteiger partial charge in [-0.2, -0.15) is 5.10 Å². The molecule has 1 aliphatic heterocycles. The zero-order valence-electron chi connectivity index (χ0n) is 18.8. The Hall–Kier alpha value is -3.52. The molecule has 3 heterocycles. The molecule has 0 bridgehead atoms. The summed E-state index contributed by atoms with van der Waals surface area (Å²) in [6, 6.07) is 12.7. The van der Waals surface area contributed by atoms with Crippen LogP contribution in [0.15, 0.2) is 42.5 Å². The SMILES string of the molecule is Cc1nc2c3ccccc3nn2c(C)c1CCC(=O)Nc1ccc(N2CCOCC2)c(F)c1. The van der Waals surface area contributed by atoms with Crippen molar-refractivity contribution in [2.24, 2.45) is 0 Å². The number of aromatic nitrogens is 3. The summed E-state index contributed by atoms with van der Waals surface area (Å²) in [5.74, 6) is -0.514. The van der Waals surface area contributed by atoms with Crippen molar-refractivity contribution < 1.29 is 13.9 Å². The first kappa shape index (κ1) is 21.3. The van der Waals surface area contributed by atoms with Gasteiger partial charge in [0, 0.05) is 42.0 Å². The summed E-state index contributed by atoms with van der Waals surface area (Å²) in [7, 11) is 0. The molecule has 170 valence electrons. The van der Waals surface area contributed by atoms with Gasteiger partial charge >= 0.3 is 0 Å². The summed E-state index contributed by atoms with van der Waals surface area (Å²) in [6.45, 7) is 6.46. The maximum absolute atomic E-state index is 14.6. The maximum Gasteiger partial charge on any atom is 0.224 e. The molecule has 0 spiro atoms. The molecular formula is C25H26FN5O2. The van der Waals surface area contributed by atoms with Gasteiger partial charge in [-0.3, -0.25) is 4.79 Å². The predicted molar refractivity (Wildman–Crippen MR) is 126 cm³/mol. The van der Waals surface area contributed by atoms with Crippen molar-refractivity contribution in [3.8, 4) is 0 Å². The third kappa shape index (κ3) is 4.14. The molecule has 1 aliphatic rings. The lowest BCUT2D eigenvalue weighted by atomic mass is 10.1. The highest BCUT2D eigenvalue weighted by Gasteiger charge is 2.17. The van der Waals surface area contributed by atoms with E-state index in [0.717, 1.165) is 33.5 Å². The topological polar surface area (TPSA) is 71.8 Å². The summed E-state index contributed by atoms with van der Waals surface area (Å²) in [5.41, 5.74) is 5.57. The molecule has 1 amide bonds. The van der Waals surface area contributed by atoms with E-state index >= 15 is 0 Å². The molecule has 0 radical (unpaired) electrons. The van der Waals surface area contributed by atoms with Gasteiger partial charge in [-0.25, -0.2) is 13.9 Å². The first-order valence-corrected chi connectivity index (χ1v) is 11.2. The fourth-order valence-electron chi connectivity index (χ4n) is 4.45. The maximum atomic E-state index is 14.6. The van der Waals surface area contributed by atoms with Gasteiger partial charge in [-0.15, -0.1) is 0 Å². The van der Waals surface area contributed by atoms with E-state index < -0.39 is 0 Å². The molecule has 1 fully saturated rings. The van der Waals surface area contributed by atoms with E-state index in [1.807, 2.05) is 47.5 Å². The van der Waals surface area contributed by atoms with Gasteiger partial charge in [0.2, 0.25) is 5.91 Å². The summed E-state index contributed by atoms with van der Waals surface area (Å²) in [4.78, 5) is 19.3. The van der Waals surface area contributed by atoms with Crippen LogP contribution in [0.1, 0.15) is 23.4 Å². The molecule has 33 heavy (non-hydrogen) atoms. The second-order valence-corrected chi connectivity index (χ2v) is 8.33. The number of carbonyl (C=O) groups excluding carboxylic acids is 1. The lowest BCUT2D eigenvalue weighted by Crippen LogP contribution is -2.36. The quantitative estimate of drug-likeness (QED) is 0.500. The Morgan fingerprint density at radius 2 is 1.94 bits per heavy atom. The van der Waals surface area contributed by atoms with Crippen LogP contribution in [-0.2, 0) is 16.0 Å². The number of amides is 1. The van der Waals surface area contributed by atoms with Crippen LogP contribution in [0.5, 0.6) is 0 Å². The molecule has 0 aliphatic carbocycles. The summed E-state index contributed by atoms with van der Waals surface area (Å²) in [6.07, 6.45) is 0.791. The fourth-order valence-corrected chi connectivity index (χ4v) is 4.45. The van der Waals surface area contributed by atoms with Crippen molar-refractivity contribution in [2.45, 2.75) is 26.7 Å². The molecule has 8 heteroatoms. The molecule has 1 saturated heterocycles. The van der Waals surface area contributed by atoms with E-state index in [9.17, 15) is 9.18 Å². The van der Waals surface area contributed by atoms with Crippen LogP contribution in [0.4, 0.5) is 15.8 Å². The Bertz CT molecular complexity index is 1340. The van der Waals surface area contributed by atoms with E-state index in [0.29, 0.717) is 44.1 Å². The van der Waals surface area contributed by atoms with E-state index in [4.69, 9.17) is 9.72 Å². The lowest BCUT2D eigenvalue weighted by molar-refractivity contribution is -0.116. The molecule has 7 nitrogen and oxygen atoms in total. The predicted octanol–water partition coefficient (Wildman–Crippen LogP) is 4.05. The second-order valence-electron chi connectivity index (χ2n) is 8.33. The van der Waals surface area contributed by atoms with Gasteiger partial charge in [0.05, 0.1) is 24.4 Å². The minimum absolute atomic E-state index is 0.168. The van der Waals surface area contributed by atoms with Crippen molar-refractivity contribution in [3.63, 3.8) is 0 Å². The molecule has 2 aromatic heterocycles. The normalized spacial score (nSPS) is 14.2. The standard InChI is InChI=1S/C25H26FN5O2/c1-16-19(17(2)31-25(27-16)20-5-3-4-6-22(20)29-31)8-10-24(32)28-18-7-9-23(21(26)15-18)30-11-13-33-14-12-30/h3-7,9,15H,8,10-14H2,1-2H3,(H,28,32). The van der Waals surface area contributed by atoms with Gasteiger partial charge in [-0.05, 0) is 56.2 Å². The molecule has 2 aromatic carbocycles. The van der Waals surface area contributed by atoms with Crippen LogP contribution in [-0.4, -0.2) is 46.8 Å². The number of rotatable bonds is 5. The highest BCUT2D eigenvalue weighted by molar-refractivity contribution is 5.92. The van der Waals surface area contributed by atoms with Crippen LogP contribution in [0.25, 0.3) is 16.6 Å². The number of benzene rings is 2. The average molecular weight is 448 g/mol. The van der Waals surface area contributed by atoms with Crippen LogP contribution >= 0.6 is 0 Å². The van der Waals surface area contributed by atoms with Crippen LogP contribution in [0, 0.1) is 19.7 Å². The molecule has 4 aromatic rings.